The summed E-state index contributed by atoms with van der Waals surface area (Å²) in [6.07, 6.45) is 0.342. The number of rotatable bonds is 5. The lowest BCUT2D eigenvalue weighted by molar-refractivity contribution is 0.0697. The molecule has 3 nitrogen and oxygen atoms in total. The van der Waals surface area contributed by atoms with Crippen molar-refractivity contribution >= 4 is 29.3 Å². The molecule has 0 aliphatic carbocycles. The third kappa shape index (κ3) is 4.04. The lowest BCUT2D eigenvalue weighted by atomic mass is 10.2. The number of thioether (sulfide) groups is 1. The average Bonchev–Trinajstić information content (AvgIpc) is 2.19. The van der Waals surface area contributed by atoms with Crippen molar-refractivity contribution in [3.8, 4) is 0 Å². The molecule has 0 heterocycles. The van der Waals surface area contributed by atoms with Gasteiger partial charge in [0.15, 0.2) is 0 Å². The molecule has 0 aliphatic rings. The highest BCUT2D eigenvalue weighted by Gasteiger charge is 2.09. The predicted molar refractivity (Wildman–Crippen MR) is 65.4 cm³/mol. The summed E-state index contributed by atoms with van der Waals surface area (Å²) in [7, 11) is 0. The maximum absolute atomic E-state index is 10.8. The Morgan fingerprint density at radius 2 is 2.25 bits per heavy atom. The van der Waals surface area contributed by atoms with Gasteiger partial charge in [0.05, 0.1) is 16.7 Å². The number of aliphatic hydroxyl groups is 1. The summed E-state index contributed by atoms with van der Waals surface area (Å²) in [5.41, 5.74) is 0.115. The van der Waals surface area contributed by atoms with Crippen molar-refractivity contribution in [2.24, 2.45) is 0 Å². The number of benzene rings is 1. The molecule has 5 heteroatoms. The summed E-state index contributed by atoms with van der Waals surface area (Å²) in [4.78, 5) is 11.7. The van der Waals surface area contributed by atoms with Crippen molar-refractivity contribution in [3.05, 3.63) is 28.8 Å². The minimum absolute atomic E-state index is 0.115. The molecule has 88 valence electrons. The Morgan fingerprint density at radius 1 is 1.56 bits per heavy atom. The highest BCUT2D eigenvalue weighted by Crippen LogP contribution is 2.25. The molecule has 0 amide bonds. The summed E-state index contributed by atoms with van der Waals surface area (Å²) >= 11 is 7.25. The van der Waals surface area contributed by atoms with Crippen LogP contribution in [0.4, 0.5) is 0 Å². The number of hydrogen-bond acceptors (Lipinski definition) is 3. The fourth-order valence-corrected chi connectivity index (χ4v) is 2.36. The number of halogens is 1. The average molecular weight is 261 g/mol. The smallest absolute Gasteiger partial charge is 0.337 e. The van der Waals surface area contributed by atoms with E-state index in [9.17, 15) is 4.79 Å². The van der Waals surface area contributed by atoms with E-state index in [0.717, 1.165) is 10.6 Å². The first-order valence-corrected chi connectivity index (χ1v) is 6.20. The molecule has 0 saturated carbocycles. The second kappa shape index (κ2) is 6.13. The van der Waals surface area contributed by atoms with E-state index in [1.165, 1.54) is 11.8 Å². The molecule has 16 heavy (non-hydrogen) atoms. The molecular formula is C11H13ClO3S. The Morgan fingerprint density at radius 3 is 2.81 bits per heavy atom. The van der Waals surface area contributed by atoms with Gasteiger partial charge < -0.3 is 10.2 Å². The molecule has 1 unspecified atom stereocenters. The van der Waals surface area contributed by atoms with Crippen LogP contribution >= 0.6 is 23.4 Å². The first-order valence-electron chi connectivity index (χ1n) is 4.84. The van der Waals surface area contributed by atoms with Crippen LogP contribution < -0.4 is 0 Å². The Balaban J connectivity index is 2.68. The highest BCUT2D eigenvalue weighted by molar-refractivity contribution is 7.99. The lowest BCUT2D eigenvalue weighted by Gasteiger charge is -2.05. The summed E-state index contributed by atoms with van der Waals surface area (Å²) in [6, 6.07) is 4.91. The predicted octanol–water partition coefficient (Wildman–Crippen LogP) is 2.90. The first kappa shape index (κ1) is 13.4. The molecule has 0 spiro atoms. The number of carbonyl (C=O) groups is 1. The molecular weight excluding hydrogens is 248 g/mol. The van der Waals surface area contributed by atoms with E-state index in [4.69, 9.17) is 21.8 Å². The molecule has 0 radical (unpaired) electrons. The van der Waals surface area contributed by atoms with E-state index in [-0.39, 0.29) is 16.7 Å². The van der Waals surface area contributed by atoms with Crippen LogP contribution in [-0.4, -0.2) is 28.0 Å². The van der Waals surface area contributed by atoms with Crippen LogP contribution in [0.1, 0.15) is 23.7 Å². The SMILES string of the molecule is CC(O)CCSc1ccc(Cl)c(C(=O)O)c1. The van der Waals surface area contributed by atoms with Crippen LogP contribution in [0.5, 0.6) is 0 Å². The third-order valence-corrected chi connectivity index (χ3v) is 3.33. The quantitative estimate of drug-likeness (QED) is 0.800. The fraction of sp³-hybridized carbons (Fsp3) is 0.364. The molecule has 0 aliphatic heterocycles. The molecule has 0 bridgehead atoms. The molecule has 1 rings (SSSR count). The Labute approximate surface area is 103 Å². The van der Waals surface area contributed by atoms with Crippen LogP contribution in [-0.2, 0) is 0 Å². The molecule has 1 atom stereocenters. The molecule has 1 aromatic carbocycles. The van der Waals surface area contributed by atoms with E-state index in [1.807, 2.05) is 0 Å². The van der Waals surface area contributed by atoms with E-state index < -0.39 is 5.97 Å². The number of hydrogen-bond donors (Lipinski definition) is 2. The van der Waals surface area contributed by atoms with Gasteiger partial charge in [0, 0.05) is 10.6 Å². The minimum atomic E-state index is -1.03. The largest absolute Gasteiger partial charge is 0.478 e. The van der Waals surface area contributed by atoms with Crippen LogP contribution in [0.25, 0.3) is 0 Å². The summed E-state index contributed by atoms with van der Waals surface area (Å²) < 4.78 is 0. The fourth-order valence-electron chi connectivity index (χ4n) is 1.11. The van der Waals surface area contributed by atoms with Gasteiger partial charge in [-0.05, 0) is 31.5 Å². The minimum Gasteiger partial charge on any atom is -0.478 e. The summed E-state index contributed by atoms with van der Waals surface area (Å²) in [6.45, 7) is 1.73. The van der Waals surface area contributed by atoms with Crippen molar-refractivity contribution in [1.29, 1.82) is 0 Å². The van der Waals surface area contributed by atoms with Gasteiger partial charge in [-0.15, -0.1) is 11.8 Å². The van der Waals surface area contributed by atoms with Gasteiger partial charge in [-0.2, -0.15) is 0 Å². The maximum atomic E-state index is 10.8. The Hall–Kier alpha value is -0.710. The first-order chi connectivity index (χ1) is 7.50. The number of aliphatic hydroxyl groups excluding tert-OH is 1. The zero-order chi connectivity index (χ0) is 12.1. The molecule has 2 N–H and O–H groups in total. The van der Waals surface area contributed by atoms with Crippen LogP contribution in [0.3, 0.4) is 0 Å². The summed E-state index contributed by atoms with van der Waals surface area (Å²) in [5, 5.41) is 18.2. The van der Waals surface area contributed by atoms with Crippen molar-refractivity contribution in [2.75, 3.05) is 5.75 Å². The van der Waals surface area contributed by atoms with Gasteiger partial charge in [0.25, 0.3) is 0 Å². The zero-order valence-electron chi connectivity index (χ0n) is 8.81. The van der Waals surface area contributed by atoms with Crippen LogP contribution in [0.2, 0.25) is 5.02 Å². The number of aromatic carboxylic acids is 1. The topological polar surface area (TPSA) is 57.5 Å². The zero-order valence-corrected chi connectivity index (χ0v) is 10.4. The maximum Gasteiger partial charge on any atom is 0.337 e. The van der Waals surface area contributed by atoms with Crippen molar-refractivity contribution < 1.29 is 15.0 Å². The van der Waals surface area contributed by atoms with E-state index in [2.05, 4.69) is 0 Å². The lowest BCUT2D eigenvalue weighted by Crippen LogP contribution is -2.01. The van der Waals surface area contributed by atoms with Gasteiger partial charge in [-0.3, -0.25) is 0 Å². The van der Waals surface area contributed by atoms with Crippen LogP contribution in [0, 0.1) is 0 Å². The number of carboxylic acid groups (broad SMARTS) is 1. The van der Waals surface area contributed by atoms with Crippen LogP contribution in [0.15, 0.2) is 23.1 Å². The number of carboxylic acids is 1. The van der Waals surface area contributed by atoms with Gasteiger partial charge in [0.2, 0.25) is 0 Å². The van der Waals surface area contributed by atoms with Crippen molar-refractivity contribution in [1.82, 2.24) is 0 Å². The van der Waals surface area contributed by atoms with E-state index >= 15 is 0 Å². The van der Waals surface area contributed by atoms with Gasteiger partial charge in [-0.25, -0.2) is 4.79 Å². The van der Waals surface area contributed by atoms with Crippen molar-refractivity contribution in [2.45, 2.75) is 24.3 Å². The normalized spacial score (nSPS) is 12.4. The van der Waals surface area contributed by atoms with Crippen molar-refractivity contribution in [3.63, 3.8) is 0 Å². The summed E-state index contributed by atoms with van der Waals surface area (Å²) in [5.74, 6) is -0.277. The van der Waals surface area contributed by atoms with Gasteiger partial charge in [-0.1, -0.05) is 11.6 Å². The molecule has 0 fully saturated rings. The molecule has 1 aromatic rings. The Bertz CT molecular complexity index is 379. The second-order valence-corrected chi connectivity index (χ2v) is 5.01. The monoisotopic (exact) mass is 260 g/mol. The Kier molecular flexibility index (Phi) is 5.12. The highest BCUT2D eigenvalue weighted by atomic mass is 35.5. The van der Waals surface area contributed by atoms with E-state index in [0.29, 0.717) is 6.42 Å². The standard InChI is InChI=1S/C11H13ClO3S/c1-7(13)4-5-16-8-2-3-10(12)9(6-8)11(14)15/h2-3,6-7,13H,4-5H2,1H3,(H,14,15). The molecule has 0 aromatic heterocycles. The second-order valence-electron chi connectivity index (χ2n) is 3.43. The van der Waals surface area contributed by atoms with E-state index in [1.54, 1.807) is 25.1 Å². The van der Waals surface area contributed by atoms with Gasteiger partial charge >= 0.3 is 5.97 Å². The molecule has 0 saturated heterocycles. The third-order valence-electron chi connectivity index (χ3n) is 1.97. The van der Waals surface area contributed by atoms with Gasteiger partial charge in [0.1, 0.15) is 0 Å².